The number of nitrogens with zero attached hydrogens (tertiary/aromatic N) is 3. The second-order valence-corrected chi connectivity index (χ2v) is 7.17. The summed E-state index contributed by atoms with van der Waals surface area (Å²) < 4.78 is 0. The van der Waals surface area contributed by atoms with Gasteiger partial charge in [-0.1, -0.05) is 91.0 Å². The first-order valence-corrected chi connectivity index (χ1v) is 10.3. The van der Waals surface area contributed by atoms with Crippen molar-refractivity contribution in [2.24, 2.45) is 0 Å². The molecule has 3 nitrogen and oxygen atoms in total. The van der Waals surface area contributed by atoms with Crippen molar-refractivity contribution in [3.8, 4) is 22.5 Å². The average molecular weight is 595 g/mol. The Kier molecular flexibility index (Phi) is 6.89. The van der Waals surface area contributed by atoms with Gasteiger partial charge in [0.05, 0.1) is 11.4 Å². The van der Waals surface area contributed by atoms with Crippen molar-refractivity contribution in [2.75, 3.05) is 4.90 Å². The zero-order valence-electron chi connectivity index (χ0n) is 17.3. The van der Waals surface area contributed by atoms with Crippen LogP contribution in [0.4, 0.5) is 17.3 Å². The van der Waals surface area contributed by atoms with Crippen LogP contribution in [0.25, 0.3) is 22.5 Å². The Morgan fingerprint density at radius 1 is 0.406 bits per heavy atom. The van der Waals surface area contributed by atoms with E-state index in [2.05, 4.69) is 41.3 Å². The van der Waals surface area contributed by atoms with Crippen molar-refractivity contribution in [1.82, 2.24) is 9.97 Å². The number of hydrogen-bond donors (Lipinski definition) is 0. The molecule has 0 amide bonds. The van der Waals surface area contributed by atoms with E-state index in [1.807, 2.05) is 91.0 Å². The van der Waals surface area contributed by atoms with Crippen molar-refractivity contribution in [3.63, 3.8) is 0 Å². The number of anilines is 3. The minimum atomic E-state index is 0. The quantitative estimate of drug-likeness (QED) is 0.214. The van der Waals surface area contributed by atoms with Crippen molar-refractivity contribution < 1.29 is 21.1 Å². The van der Waals surface area contributed by atoms with E-state index < -0.39 is 0 Å². The molecule has 0 unspecified atom stereocenters. The van der Waals surface area contributed by atoms with Gasteiger partial charge in [0.2, 0.25) is 0 Å². The molecule has 0 saturated heterocycles. The minimum Gasteiger partial charge on any atom is -0.279 e. The fourth-order valence-electron chi connectivity index (χ4n) is 3.59. The first kappa shape index (κ1) is 21.7. The zero-order chi connectivity index (χ0) is 20.9. The van der Waals surface area contributed by atoms with Gasteiger partial charge in [-0.3, -0.25) is 4.90 Å². The van der Waals surface area contributed by atoms with Crippen LogP contribution in [0.15, 0.2) is 127 Å². The second-order valence-electron chi connectivity index (χ2n) is 7.17. The third-order valence-electron chi connectivity index (χ3n) is 5.08. The predicted molar refractivity (Wildman–Crippen MR) is 128 cm³/mol. The molecule has 0 bridgehead atoms. The Balaban J connectivity index is 0.00000245. The summed E-state index contributed by atoms with van der Waals surface area (Å²) >= 11 is 0. The number of rotatable bonds is 5. The van der Waals surface area contributed by atoms with Crippen LogP contribution in [-0.4, -0.2) is 9.97 Å². The van der Waals surface area contributed by atoms with Crippen LogP contribution in [0, 0.1) is 0 Å². The van der Waals surface area contributed by atoms with E-state index in [0.29, 0.717) is 0 Å². The standard InChI is InChI=1S/C28H21N3.Pt/c1-4-12-22(13-5-1)25-18-10-20-27(29-25)31(24-16-8-3-9-17-24)28-21-11-19-26(30-28)23-14-6-2-7-15-23;/h1-21H;. The largest absolute Gasteiger partial charge is 0.279 e. The first-order valence-electron chi connectivity index (χ1n) is 10.3. The average Bonchev–Trinajstić information content (AvgIpc) is 2.86. The summed E-state index contributed by atoms with van der Waals surface area (Å²) in [6, 6.07) is 42.9. The predicted octanol–water partition coefficient (Wildman–Crippen LogP) is 7.28. The van der Waals surface area contributed by atoms with E-state index in [9.17, 15) is 0 Å². The number of benzene rings is 3. The Bertz CT molecular complexity index is 1190. The van der Waals surface area contributed by atoms with Gasteiger partial charge in [-0.15, -0.1) is 0 Å². The van der Waals surface area contributed by atoms with Crippen LogP contribution in [-0.2, 0) is 21.1 Å². The van der Waals surface area contributed by atoms with Gasteiger partial charge >= 0.3 is 0 Å². The van der Waals surface area contributed by atoms with Crippen LogP contribution in [0.5, 0.6) is 0 Å². The Morgan fingerprint density at radius 2 is 0.812 bits per heavy atom. The van der Waals surface area contributed by atoms with Gasteiger partial charge in [0, 0.05) is 37.9 Å². The van der Waals surface area contributed by atoms with Gasteiger partial charge in [0.25, 0.3) is 0 Å². The third kappa shape index (κ3) is 4.69. The van der Waals surface area contributed by atoms with Gasteiger partial charge in [0.1, 0.15) is 11.6 Å². The summed E-state index contributed by atoms with van der Waals surface area (Å²) in [6.07, 6.45) is 0. The number of para-hydroxylation sites is 1. The molecule has 0 N–H and O–H groups in total. The summed E-state index contributed by atoms with van der Waals surface area (Å²) in [7, 11) is 0. The van der Waals surface area contributed by atoms with Crippen molar-refractivity contribution in [1.29, 1.82) is 0 Å². The summed E-state index contributed by atoms with van der Waals surface area (Å²) in [6.45, 7) is 0. The van der Waals surface area contributed by atoms with Gasteiger partial charge in [-0.05, 0) is 36.4 Å². The summed E-state index contributed by atoms with van der Waals surface area (Å²) in [5, 5.41) is 0. The molecule has 0 radical (unpaired) electrons. The van der Waals surface area contributed by atoms with Gasteiger partial charge < -0.3 is 0 Å². The van der Waals surface area contributed by atoms with E-state index in [1.165, 1.54) is 0 Å². The molecule has 0 aliphatic heterocycles. The molecule has 5 rings (SSSR count). The molecule has 4 heteroatoms. The maximum absolute atomic E-state index is 4.98. The van der Waals surface area contributed by atoms with Crippen LogP contribution in [0.1, 0.15) is 0 Å². The molecule has 0 spiro atoms. The SMILES string of the molecule is [Pt].c1ccc(-c2cccc(N(c3ccccc3)c3cccc(-c4ccccc4)n3)n2)cc1. The van der Waals surface area contributed by atoms with E-state index in [-0.39, 0.29) is 21.1 Å². The molecular formula is C28H21N3Pt. The Morgan fingerprint density at radius 3 is 1.25 bits per heavy atom. The normalized spacial score (nSPS) is 10.2. The smallest absolute Gasteiger partial charge is 0.139 e. The van der Waals surface area contributed by atoms with Crippen LogP contribution in [0.3, 0.4) is 0 Å². The Labute approximate surface area is 202 Å². The molecule has 158 valence electrons. The monoisotopic (exact) mass is 594 g/mol. The molecule has 5 aromatic rings. The molecule has 2 heterocycles. The molecule has 3 aromatic carbocycles. The third-order valence-corrected chi connectivity index (χ3v) is 5.08. The topological polar surface area (TPSA) is 29.0 Å². The van der Waals surface area contributed by atoms with Crippen molar-refractivity contribution in [3.05, 3.63) is 127 Å². The Hall–Kier alpha value is -3.55. The van der Waals surface area contributed by atoms with Gasteiger partial charge in [-0.25, -0.2) is 9.97 Å². The maximum Gasteiger partial charge on any atom is 0.139 e. The zero-order valence-corrected chi connectivity index (χ0v) is 19.6. The molecular weight excluding hydrogens is 573 g/mol. The van der Waals surface area contributed by atoms with Gasteiger partial charge in [-0.2, -0.15) is 0 Å². The molecule has 0 fully saturated rings. The summed E-state index contributed by atoms with van der Waals surface area (Å²) in [5.41, 5.74) is 5.04. The van der Waals surface area contributed by atoms with Crippen molar-refractivity contribution >= 4 is 17.3 Å². The van der Waals surface area contributed by atoms with E-state index >= 15 is 0 Å². The number of pyridine rings is 2. The van der Waals surface area contributed by atoms with E-state index in [0.717, 1.165) is 39.8 Å². The number of hydrogen-bond acceptors (Lipinski definition) is 3. The molecule has 32 heavy (non-hydrogen) atoms. The summed E-state index contributed by atoms with van der Waals surface area (Å²) in [4.78, 5) is 12.1. The molecule has 0 saturated carbocycles. The van der Waals surface area contributed by atoms with Crippen molar-refractivity contribution in [2.45, 2.75) is 0 Å². The first-order chi connectivity index (χ1) is 15.4. The number of aromatic nitrogens is 2. The molecule has 0 aliphatic rings. The van der Waals surface area contributed by atoms with Crippen LogP contribution >= 0.6 is 0 Å². The van der Waals surface area contributed by atoms with Gasteiger partial charge in [0.15, 0.2) is 0 Å². The van der Waals surface area contributed by atoms with Crippen LogP contribution < -0.4 is 4.90 Å². The van der Waals surface area contributed by atoms with E-state index in [4.69, 9.17) is 9.97 Å². The molecule has 0 aliphatic carbocycles. The fraction of sp³-hybridized carbons (Fsp3) is 0. The fourth-order valence-corrected chi connectivity index (χ4v) is 3.59. The second kappa shape index (κ2) is 10.2. The molecule has 2 aromatic heterocycles. The summed E-state index contributed by atoms with van der Waals surface area (Å²) in [5.74, 6) is 1.65. The maximum atomic E-state index is 4.98. The van der Waals surface area contributed by atoms with E-state index in [1.54, 1.807) is 0 Å². The molecule has 0 atom stereocenters. The van der Waals surface area contributed by atoms with Crippen LogP contribution in [0.2, 0.25) is 0 Å². The minimum absolute atomic E-state index is 0.